The van der Waals surface area contributed by atoms with Crippen molar-refractivity contribution in [1.82, 2.24) is 9.88 Å². The van der Waals surface area contributed by atoms with Crippen LogP contribution in [0.5, 0.6) is 0 Å². The Bertz CT molecular complexity index is 478. The minimum atomic E-state index is -1.05. The number of aromatic nitrogens is 1. The maximum absolute atomic E-state index is 13.4. The van der Waals surface area contributed by atoms with Gasteiger partial charge in [-0.1, -0.05) is 0 Å². The summed E-state index contributed by atoms with van der Waals surface area (Å²) < 4.78 is 13.4. The Morgan fingerprint density at radius 3 is 2.89 bits per heavy atom. The van der Waals surface area contributed by atoms with Crippen molar-refractivity contribution < 1.29 is 19.1 Å². The number of aliphatic carboxylic acids is 1. The zero-order chi connectivity index (χ0) is 13.1. The van der Waals surface area contributed by atoms with Crippen molar-refractivity contribution in [3.63, 3.8) is 0 Å². The normalized spacial score (nSPS) is 19.6. The fourth-order valence-corrected chi connectivity index (χ4v) is 2.13. The lowest BCUT2D eigenvalue weighted by Crippen LogP contribution is -2.48. The highest BCUT2D eigenvalue weighted by Crippen LogP contribution is 2.20. The van der Waals surface area contributed by atoms with Crippen LogP contribution in [-0.4, -0.2) is 39.5 Å². The van der Waals surface area contributed by atoms with Gasteiger partial charge in [0.1, 0.15) is 6.04 Å². The molecule has 1 aliphatic rings. The molecule has 1 amide bonds. The molecule has 1 aliphatic heterocycles. The molecule has 2 rings (SSSR count). The van der Waals surface area contributed by atoms with Crippen LogP contribution in [0.3, 0.4) is 0 Å². The topological polar surface area (TPSA) is 70.5 Å². The van der Waals surface area contributed by atoms with Crippen LogP contribution in [0.25, 0.3) is 0 Å². The third-order valence-corrected chi connectivity index (χ3v) is 3.04. The number of amides is 1. The van der Waals surface area contributed by atoms with Gasteiger partial charge in [0.25, 0.3) is 5.91 Å². The summed E-state index contributed by atoms with van der Waals surface area (Å²) in [5.41, 5.74) is -0.175. The summed E-state index contributed by atoms with van der Waals surface area (Å²) >= 11 is 0. The molecular weight excluding hydrogens is 239 g/mol. The Balaban J connectivity index is 2.27. The summed E-state index contributed by atoms with van der Waals surface area (Å²) in [5.74, 6) is -2.52. The summed E-state index contributed by atoms with van der Waals surface area (Å²) in [6.07, 6.45) is 3.15. The highest BCUT2D eigenvalue weighted by molar-refractivity contribution is 5.96. The zero-order valence-corrected chi connectivity index (χ0v) is 9.67. The van der Waals surface area contributed by atoms with E-state index in [4.69, 9.17) is 5.11 Å². The minimum absolute atomic E-state index is 0.175. The van der Waals surface area contributed by atoms with Crippen molar-refractivity contribution in [3.05, 3.63) is 29.8 Å². The highest BCUT2D eigenvalue weighted by Gasteiger charge is 2.33. The number of carboxylic acids is 1. The number of piperidine rings is 1. The van der Waals surface area contributed by atoms with Crippen molar-refractivity contribution in [2.45, 2.75) is 25.3 Å². The van der Waals surface area contributed by atoms with Crippen LogP contribution < -0.4 is 0 Å². The van der Waals surface area contributed by atoms with E-state index in [1.165, 1.54) is 23.2 Å². The molecule has 0 radical (unpaired) electrons. The van der Waals surface area contributed by atoms with Gasteiger partial charge in [-0.3, -0.25) is 4.79 Å². The molecule has 18 heavy (non-hydrogen) atoms. The van der Waals surface area contributed by atoms with Crippen molar-refractivity contribution in [3.8, 4) is 0 Å². The first kappa shape index (κ1) is 12.5. The lowest BCUT2D eigenvalue weighted by Gasteiger charge is -2.32. The number of carbonyl (C=O) groups is 2. The smallest absolute Gasteiger partial charge is 0.326 e. The average Bonchev–Trinajstić information content (AvgIpc) is 2.38. The van der Waals surface area contributed by atoms with Crippen molar-refractivity contribution in [2.75, 3.05) is 6.54 Å². The molecule has 0 bridgehead atoms. The quantitative estimate of drug-likeness (QED) is 0.805. The Morgan fingerprint density at radius 1 is 1.44 bits per heavy atom. The largest absolute Gasteiger partial charge is 0.480 e. The molecule has 0 aliphatic carbocycles. The number of hydrogen-bond donors (Lipinski definition) is 1. The van der Waals surface area contributed by atoms with Crippen LogP contribution in [0.1, 0.15) is 29.6 Å². The SMILES string of the molecule is O=C(O)C1CCCCN1C(=O)c1cccnc1F. The van der Waals surface area contributed by atoms with Crippen molar-refractivity contribution in [1.29, 1.82) is 0 Å². The molecule has 1 fully saturated rings. The molecule has 96 valence electrons. The van der Waals surface area contributed by atoms with Crippen LogP contribution in [0.2, 0.25) is 0 Å². The Kier molecular flexibility index (Phi) is 3.55. The lowest BCUT2D eigenvalue weighted by molar-refractivity contribution is -0.143. The molecule has 0 saturated carbocycles. The van der Waals surface area contributed by atoms with E-state index in [1.807, 2.05) is 0 Å². The fourth-order valence-electron chi connectivity index (χ4n) is 2.13. The Hall–Kier alpha value is -1.98. The maximum Gasteiger partial charge on any atom is 0.326 e. The molecule has 6 heteroatoms. The number of nitrogens with zero attached hydrogens (tertiary/aromatic N) is 2. The van der Waals surface area contributed by atoms with E-state index in [1.54, 1.807) is 0 Å². The van der Waals surface area contributed by atoms with E-state index in [0.717, 1.165) is 12.8 Å². The molecule has 1 atom stereocenters. The molecule has 0 spiro atoms. The molecular formula is C12H13FN2O3. The average molecular weight is 252 g/mol. The number of hydrogen-bond acceptors (Lipinski definition) is 3. The second-order valence-corrected chi connectivity index (χ2v) is 4.19. The molecule has 1 aromatic rings. The van der Waals surface area contributed by atoms with Gasteiger partial charge in [0.2, 0.25) is 5.95 Å². The van der Waals surface area contributed by atoms with Crippen LogP contribution in [0.4, 0.5) is 4.39 Å². The summed E-state index contributed by atoms with van der Waals surface area (Å²) in [6.45, 7) is 0.337. The van der Waals surface area contributed by atoms with Gasteiger partial charge < -0.3 is 10.0 Å². The van der Waals surface area contributed by atoms with Crippen LogP contribution >= 0.6 is 0 Å². The predicted molar refractivity (Wildman–Crippen MR) is 60.5 cm³/mol. The third kappa shape index (κ3) is 2.32. The van der Waals surface area contributed by atoms with Gasteiger partial charge in [-0.25, -0.2) is 9.78 Å². The number of halogens is 1. The van der Waals surface area contributed by atoms with Crippen molar-refractivity contribution >= 4 is 11.9 Å². The van der Waals surface area contributed by atoms with Gasteiger partial charge in [-0.05, 0) is 31.4 Å². The van der Waals surface area contributed by atoms with Crippen LogP contribution in [-0.2, 0) is 4.79 Å². The van der Waals surface area contributed by atoms with Crippen LogP contribution in [0.15, 0.2) is 18.3 Å². The molecule has 1 saturated heterocycles. The van der Waals surface area contributed by atoms with Gasteiger partial charge in [0, 0.05) is 12.7 Å². The summed E-state index contributed by atoms with van der Waals surface area (Å²) in [6, 6.07) is 1.90. The van der Waals surface area contributed by atoms with Gasteiger partial charge in [-0.15, -0.1) is 0 Å². The minimum Gasteiger partial charge on any atom is -0.480 e. The number of rotatable bonds is 2. The van der Waals surface area contributed by atoms with Crippen LogP contribution in [0, 0.1) is 5.95 Å². The number of carbonyl (C=O) groups excluding carboxylic acids is 1. The van der Waals surface area contributed by atoms with E-state index >= 15 is 0 Å². The monoisotopic (exact) mass is 252 g/mol. The van der Waals surface area contributed by atoms with E-state index in [-0.39, 0.29) is 5.56 Å². The Morgan fingerprint density at radius 2 is 2.22 bits per heavy atom. The molecule has 2 heterocycles. The first-order valence-electron chi connectivity index (χ1n) is 5.75. The van der Waals surface area contributed by atoms with Gasteiger partial charge >= 0.3 is 5.97 Å². The second kappa shape index (κ2) is 5.12. The first-order chi connectivity index (χ1) is 8.61. The van der Waals surface area contributed by atoms with Gasteiger partial charge in [0.05, 0.1) is 5.56 Å². The number of carboxylic acid groups (broad SMARTS) is 1. The van der Waals surface area contributed by atoms with E-state index < -0.39 is 23.9 Å². The molecule has 1 N–H and O–H groups in total. The van der Waals surface area contributed by atoms with E-state index in [9.17, 15) is 14.0 Å². The fraction of sp³-hybridized carbons (Fsp3) is 0.417. The lowest BCUT2D eigenvalue weighted by atomic mass is 10.0. The molecule has 0 aromatic carbocycles. The van der Waals surface area contributed by atoms with E-state index in [2.05, 4.69) is 4.98 Å². The molecule has 1 aromatic heterocycles. The third-order valence-electron chi connectivity index (χ3n) is 3.04. The van der Waals surface area contributed by atoms with Crippen molar-refractivity contribution in [2.24, 2.45) is 0 Å². The zero-order valence-electron chi connectivity index (χ0n) is 9.67. The maximum atomic E-state index is 13.4. The number of likely N-dealkylation sites (tertiary alicyclic amines) is 1. The molecule has 1 unspecified atom stereocenters. The Labute approximate surface area is 103 Å². The summed E-state index contributed by atoms with van der Waals surface area (Å²) in [4.78, 5) is 27.8. The second-order valence-electron chi connectivity index (χ2n) is 4.19. The standard InChI is InChI=1S/C12H13FN2O3/c13-10-8(4-3-6-14-10)11(16)15-7-2-1-5-9(15)12(17)18/h3-4,6,9H,1-2,5,7H2,(H,17,18). The predicted octanol–water partition coefficient (Wildman–Crippen LogP) is 1.30. The van der Waals surface area contributed by atoms with E-state index in [0.29, 0.717) is 13.0 Å². The number of pyridine rings is 1. The highest BCUT2D eigenvalue weighted by atomic mass is 19.1. The summed E-state index contributed by atoms with van der Waals surface area (Å²) in [5, 5.41) is 9.07. The summed E-state index contributed by atoms with van der Waals surface area (Å²) in [7, 11) is 0. The molecule has 5 nitrogen and oxygen atoms in total. The van der Waals surface area contributed by atoms with Gasteiger partial charge in [-0.2, -0.15) is 4.39 Å². The first-order valence-corrected chi connectivity index (χ1v) is 5.75. The van der Waals surface area contributed by atoms with Gasteiger partial charge in [0.15, 0.2) is 0 Å².